The van der Waals surface area contributed by atoms with Crippen molar-refractivity contribution in [2.75, 3.05) is 5.73 Å². The molecular formula is C9H10N2O2S. The van der Waals surface area contributed by atoms with Crippen molar-refractivity contribution in [3.05, 3.63) is 24.3 Å². The van der Waals surface area contributed by atoms with E-state index in [0.29, 0.717) is 5.69 Å². The third kappa shape index (κ3) is 1.86. The number of anilines is 1. The Labute approximate surface area is 82.9 Å². The summed E-state index contributed by atoms with van der Waals surface area (Å²) in [5.74, 6) is 0. The van der Waals surface area contributed by atoms with Crippen LogP contribution in [0.15, 0.2) is 29.2 Å². The standard InChI is InChI=1S/C9H10N2O2S/c1-7(6-10)14(12,13)9-4-2-8(11)3-5-9/h2-5,7H,11H2,1H3. The fourth-order valence-corrected chi connectivity index (χ4v) is 1.99. The second-order valence-corrected chi connectivity index (χ2v) is 5.15. The Morgan fingerprint density at radius 1 is 1.36 bits per heavy atom. The summed E-state index contributed by atoms with van der Waals surface area (Å²) < 4.78 is 23.2. The molecule has 0 aromatic heterocycles. The molecule has 74 valence electrons. The highest BCUT2D eigenvalue weighted by molar-refractivity contribution is 7.92. The average molecular weight is 210 g/mol. The molecule has 1 unspecified atom stereocenters. The fraction of sp³-hybridized carbons (Fsp3) is 0.222. The number of sulfone groups is 1. The van der Waals surface area contributed by atoms with E-state index in [0.717, 1.165) is 0 Å². The van der Waals surface area contributed by atoms with Gasteiger partial charge in [0.05, 0.1) is 11.0 Å². The van der Waals surface area contributed by atoms with E-state index in [1.807, 2.05) is 0 Å². The van der Waals surface area contributed by atoms with Crippen molar-refractivity contribution in [3.8, 4) is 6.07 Å². The van der Waals surface area contributed by atoms with Gasteiger partial charge in [-0.25, -0.2) is 8.42 Å². The molecule has 1 atom stereocenters. The van der Waals surface area contributed by atoms with E-state index >= 15 is 0 Å². The van der Waals surface area contributed by atoms with Gasteiger partial charge in [0.1, 0.15) is 5.25 Å². The summed E-state index contributed by atoms with van der Waals surface area (Å²) in [7, 11) is -3.52. The second kappa shape index (κ2) is 3.68. The molecule has 0 heterocycles. The minimum Gasteiger partial charge on any atom is -0.399 e. The van der Waals surface area contributed by atoms with Crippen LogP contribution in [0.1, 0.15) is 6.92 Å². The number of nitrogens with two attached hydrogens (primary N) is 1. The summed E-state index contributed by atoms with van der Waals surface area (Å²) in [4.78, 5) is 0.126. The Bertz CT molecular complexity index is 457. The highest BCUT2D eigenvalue weighted by atomic mass is 32.2. The SMILES string of the molecule is CC(C#N)S(=O)(=O)c1ccc(N)cc1. The summed E-state index contributed by atoms with van der Waals surface area (Å²) in [5.41, 5.74) is 5.91. The van der Waals surface area contributed by atoms with Crippen LogP contribution in [0.2, 0.25) is 0 Å². The van der Waals surface area contributed by atoms with Crippen LogP contribution in [0.25, 0.3) is 0 Å². The number of benzene rings is 1. The highest BCUT2D eigenvalue weighted by Crippen LogP contribution is 2.16. The van der Waals surface area contributed by atoms with E-state index in [9.17, 15) is 8.42 Å². The molecule has 14 heavy (non-hydrogen) atoms. The molecule has 1 rings (SSSR count). The lowest BCUT2D eigenvalue weighted by Crippen LogP contribution is -2.15. The first-order chi connectivity index (χ1) is 6.48. The molecule has 5 heteroatoms. The lowest BCUT2D eigenvalue weighted by atomic mass is 10.3. The van der Waals surface area contributed by atoms with Crippen molar-refractivity contribution >= 4 is 15.5 Å². The van der Waals surface area contributed by atoms with Crippen molar-refractivity contribution in [1.29, 1.82) is 5.26 Å². The van der Waals surface area contributed by atoms with Crippen molar-refractivity contribution in [1.82, 2.24) is 0 Å². The van der Waals surface area contributed by atoms with E-state index < -0.39 is 15.1 Å². The molecule has 0 amide bonds. The summed E-state index contributed by atoms with van der Waals surface area (Å²) in [6.07, 6.45) is 0. The summed E-state index contributed by atoms with van der Waals surface area (Å²) >= 11 is 0. The lowest BCUT2D eigenvalue weighted by Gasteiger charge is -2.05. The van der Waals surface area contributed by atoms with Gasteiger partial charge < -0.3 is 5.73 Å². The first kappa shape index (κ1) is 10.5. The zero-order chi connectivity index (χ0) is 10.8. The van der Waals surface area contributed by atoms with Crippen LogP contribution in [-0.4, -0.2) is 13.7 Å². The van der Waals surface area contributed by atoms with Crippen molar-refractivity contribution in [2.45, 2.75) is 17.1 Å². The van der Waals surface area contributed by atoms with Crippen molar-refractivity contribution in [2.24, 2.45) is 0 Å². The third-order valence-corrected chi connectivity index (χ3v) is 3.82. The van der Waals surface area contributed by atoms with Gasteiger partial charge in [-0.3, -0.25) is 0 Å². The van der Waals surface area contributed by atoms with Gasteiger partial charge in [0, 0.05) is 5.69 Å². The van der Waals surface area contributed by atoms with E-state index in [2.05, 4.69) is 0 Å². The quantitative estimate of drug-likeness (QED) is 0.737. The Kier molecular flexibility index (Phi) is 2.77. The monoisotopic (exact) mass is 210 g/mol. The molecular weight excluding hydrogens is 200 g/mol. The van der Waals surface area contributed by atoms with E-state index in [1.165, 1.54) is 31.2 Å². The Hall–Kier alpha value is -1.54. The molecule has 0 spiro atoms. The molecule has 1 aromatic rings. The zero-order valence-electron chi connectivity index (χ0n) is 7.64. The topological polar surface area (TPSA) is 84.0 Å². The summed E-state index contributed by atoms with van der Waals surface area (Å²) in [6.45, 7) is 1.35. The molecule has 0 bridgehead atoms. The van der Waals surface area contributed by atoms with Gasteiger partial charge in [-0.15, -0.1) is 0 Å². The predicted octanol–water partition coefficient (Wildman–Crippen LogP) is 0.955. The smallest absolute Gasteiger partial charge is 0.194 e. The number of hydrogen-bond donors (Lipinski definition) is 1. The number of nitrogen functional groups attached to an aromatic ring is 1. The van der Waals surface area contributed by atoms with E-state index in [-0.39, 0.29) is 4.90 Å². The van der Waals surface area contributed by atoms with Gasteiger partial charge in [-0.1, -0.05) is 0 Å². The molecule has 1 aromatic carbocycles. The molecule has 0 aliphatic carbocycles. The van der Waals surface area contributed by atoms with Crippen LogP contribution in [0.4, 0.5) is 5.69 Å². The van der Waals surface area contributed by atoms with Crippen LogP contribution < -0.4 is 5.73 Å². The molecule has 0 saturated heterocycles. The van der Waals surface area contributed by atoms with E-state index in [4.69, 9.17) is 11.0 Å². The molecule has 0 saturated carbocycles. The number of rotatable bonds is 2. The molecule has 0 aliphatic heterocycles. The summed E-state index contributed by atoms with van der Waals surface area (Å²) in [6, 6.07) is 7.50. The first-order valence-electron chi connectivity index (χ1n) is 3.97. The Morgan fingerprint density at radius 3 is 2.29 bits per heavy atom. The third-order valence-electron chi connectivity index (χ3n) is 1.86. The van der Waals surface area contributed by atoms with Gasteiger partial charge in [0.2, 0.25) is 0 Å². The first-order valence-corrected chi connectivity index (χ1v) is 5.52. The maximum atomic E-state index is 11.6. The fourth-order valence-electron chi connectivity index (χ4n) is 0.931. The molecule has 0 aliphatic rings. The normalized spacial score (nSPS) is 13.1. The maximum Gasteiger partial charge on any atom is 0.194 e. The van der Waals surface area contributed by atoms with Gasteiger partial charge >= 0.3 is 0 Å². The van der Waals surface area contributed by atoms with Crippen LogP contribution in [0, 0.1) is 11.3 Å². The second-order valence-electron chi connectivity index (χ2n) is 2.89. The van der Waals surface area contributed by atoms with Crippen LogP contribution >= 0.6 is 0 Å². The van der Waals surface area contributed by atoms with Crippen LogP contribution in [-0.2, 0) is 9.84 Å². The predicted molar refractivity (Wildman–Crippen MR) is 53.1 cm³/mol. The highest BCUT2D eigenvalue weighted by Gasteiger charge is 2.22. The van der Waals surface area contributed by atoms with Crippen LogP contribution in [0.5, 0.6) is 0 Å². The Morgan fingerprint density at radius 2 is 1.86 bits per heavy atom. The van der Waals surface area contributed by atoms with E-state index in [1.54, 1.807) is 6.07 Å². The summed E-state index contributed by atoms with van der Waals surface area (Å²) in [5, 5.41) is 7.50. The van der Waals surface area contributed by atoms with Crippen molar-refractivity contribution < 1.29 is 8.42 Å². The maximum absolute atomic E-state index is 11.6. The number of nitriles is 1. The minimum atomic E-state index is -3.52. The van der Waals surface area contributed by atoms with Gasteiger partial charge in [0.15, 0.2) is 9.84 Å². The lowest BCUT2D eigenvalue weighted by molar-refractivity contribution is 0.592. The van der Waals surface area contributed by atoms with Gasteiger partial charge in [-0.2, -0.15) is 5.26 Å². The largest absolute Gasteiger partial charge is 0.399 e. The molecule has 2 N–H and O–H groups in total. The van der Waals surface area contributed by atoms with Crippen LogP contribution in [0.3, 0.4) is 0 Å². The molecule has 4 nitrogen and oxygen atoms in total. The number of nitrogens with zero attached hydrogens (tertiary/aromatic N) is 1. The number of hydrogen-bond acceptors (Lipinski definition) is 4. The zero-order valence-corrected chi connectivity index (χ0v) is 8.45. The Balaban J connectivity index is 3.19. The van der Waals surface area contributed by atoms with Gasteiger partial charge in [0.25, 0.3) is 0 Å². The molecule has 0 fully saturated rings. The molecule has 0 radical (unpaired) electrons. The van der Waals surface area contributed by atoms with Crippen molar-refractivity contribution in [3.63, 3.8) is 0 Å². The van der Waals surface area contributed by atoms with Gasteiger partial charge in [-0.05, 0) is 31.2 Å². The average Bonchev–Trinajstić information content (AvgIpc) is 2.17. The minimum absolute atomic E-state index is 0.126.